The third-order valence-electron chi connectivity index (χ3n) is 4.93. The minimum atomic E-state index is -0.0447. The maximum absolute atomic E-state index is 12.8. The Labute approximate surface area is 155 Å². The first-order chi connectivity index (χ1) is 12.5. The molecule has 0 aromatic carbocycles. The van der Waals surface area contributed by atoms with Crippen LogP contribution in [0.3, 0.4) is 0 Å². The molecule has 3 rings (SSSR count). The molecule has 7 nitrogen and oxygen atoms in total. The van der Waals surface area contributed by atoms with E-state index in [9.17, 15) is 4.79 Å². The Hall–Kier alpha value is -2.15. The highest BCUT2D eigenvalue weighted by Gasteiger charge is 2.29. The van der Waals surface area contributed by atoms with Gasteiger partial charge in [0.05, 0.1) is 0 Å². The molecule has 2 aromatic rings. The molecule has 142 valence electrons. The molecule has 26 heavy (non-hydrogen) atoms. The second kappa shape index (κ2) is 8.03. The van der Waals surface area contributed by atoms with E-state index in [1.54, 1.807) is 6.07 Å². The maximum atomic E-state index is 12.8. The van der Waals surface area contributed by atoms with Gasteiger partial charge in [-0.25, -0.2) is 4.98 Å². The molecule has 2 aromatic heterocycles. The van der Waals surface area contributed by atoms with Gasteiger partial charge in [0.1, 0.15) is 11.6 Å². The number of aromatic nitrogens is 3. The van der Waals surface area contributed by atoms with E-state index in [2.05, 4.69) is 33.7 Å². The molecule has 3 heterocycles. The van der Waals surface area contributed by atoms with Gasteiger partial charge in [0.25, 0.3) is 5.91 Å². The summed E-state index contributed by atoms with van der Waals surface area (Å²) < 4.78 is 7.51. The molecule has 1 unspecified atom stereocenters. The number of likely N-dealkylation sites (N-methyl/N-ethyl adjacent to an activating group) is 1. The van der Waals surface area contributed by atoms with Gasteiger partial charge in [-0.05, 0) is 26.9 Å². The van der Waals surface area contributed by atoms with E-state index in [-0.39, 0.29) is 17.7 Å². The fourth-order valence-electron chi connectivity index (χ4n) is 3.37. The van der Waals surface area contributed by atoms with Crippen molar-refractivity contribution in [2.24, 2.45) is 0 Å². The van der Waals surface area contributed by atoms with E-state index in [0.717, 1.165) is 44.1 Å². The lowest BCUT2D eigenvalue weighted by molar-refractivity contribution is 0.0692. The van der Waals surface area contributed by atoms with Crippen molar-refractivity contribution in [1.82, 2.24) is 24.5 Å². The van der Waals surface area contributed by atoms with E-state index in [1.807, 2.05) is 31.1 Å². The second-order valence-corrected chi connectivity index (χ2v) is 7.64. The van der Waals surface area contributed by atoms with Crippen LogP contribution in [0.25, 0.3) is 0 Å². The van der Waals surface area contributed by atoms with Crippen molar-refractivity contribution in [3.8, 4) is 0 Å². The first-order valence-corrected chi connectivity index (χ1v) is 9.37. The summed E-state index contributed by atoms with van der Waals surface area (Å²) in [7, 11) is 4.14. The molecule has 1 aliphatic heterocycles. The predicted octanol–water partition coefficient (Wildman–Crippen LogP) is 2.58. The van der Waals surface area contributed by atoms with Crippen molar-refractivity contribution in [2.45, 2.75) is 45.1 Å². The Bertz CT molecular complexity index is 734. The van der Waals surface area contributed by atoms with E-state index in [4.69, 9.17) is 4.52 Å². The van der Waals surface area contributed by atoms with Crippen LogP contribution in [0.5, 0.6) is 0 Å². The monoisotopic (exact) mass is 359 g/mol. The van der Waals surface area contributed by atoms with Crippen molar-refractivity contribution in [1.29, 1.82) is 0 Å². The van der Waals surface area contributed by atoms with E-state index in [0.29, 0.717) is 12.2 Å². The van der Waals surface area contributed by atoms with Crippen LogP contribution in [-0.4, -0.2) is 64.1 Å². The summed E-state index contributed by atoms with van der Waals surface area (Å²) in [6, 6.07) is 1.77. The van der Waals surface area contributed by atoms with Gasteiger partial charge >= 0.3 is 0 Å². The van der Waals surface area contributed by atoms with Crippen molar-refractivity contribution >= 4 is 5.91 Å². The molecule has 0 spiro atoms. The molecular formula is C19H29N5O2. The quantitative estimate of drug-likeness (QED) is 0.793. The molecule has 0 saturated carbocycles. The smallest absolute Gasteiger partial charge is 0.276 e. The standard InChI is InChI=1S/C19H29N5O2/c1-14(2)17-12-16(21-26-17)19(25)24-8-5-6-15(13-24)18-20-7-9-23(18)11-10-22(3)4/h7,9,12,14-15H,5-6,8,10-11,13H2,1-4H3. The first kappa shape index (κ1) is 18.6. The summed E-state index contributed by atoms with van der Waals surface area (Å²) in [5.74, 6) is 2.27. The second-order valence-electron chi connectivity index (χ2n) is 7.64. The zero-order valence-corrected chi connectivity index (χ0v) is 16.2. The molecule has 7 heteroatoms. The molecule has 1 fully saturated rings. The SMILES string of the molecule is CC(C)c1cc(C(=O)N2CCCC(c3nccn3CCN(C)C)C2)no1. The summed E-state index contributed by atoms with van der Waals surface area (Å²) in [5, 5.41) is 3.97. The molecule has 1 atom stereocenters. The van der Waals surface area contributed by atoms with E-state index in [1.165, 1.54) is 0 Å². The number of piperidine rings is 1. The predicted molar refractivity (Wildman–Crippen MR) is 99.3 cm³/mol. The summed E-state index contributed by atoms with van der Waals surface area (Å²) in [6.07, 6.45) is 5.93. The van der Waals surface area contributed by atoms with Gasteiger partial charge in [0, 0.05) is 56.5 Å². The number of rotatable bonds is 6. The first-order valence-electron chi connectivity index (χ1n) is 9.37. The molecular weight excluding hydrogens is 330 g/mol. The number of likely N-dealkylation sites (tertiary alicyclic amines) is 1. The summed E-state index contributed by atoms with van der Waals surface area (Å²) >= 11 is 0. The minimum Gasteiger partial charge on any atom is -0.360 e. The number of hydrogen-bond donors (Lipinski definition) is 0. The van der Waals surface area contributed by atoms with E-state index >= 15 is 0 Å². The third kappa shape index (κ3) is 4.15. The summed E-state index contributed by atoms with van der Waals surface area (Å²) in [4.78, 5) is 21.5. The van der Waals surface area contributed by atoms with Gasteiger partial charge in [0.2, 0.25) is 0 Å². The Morgan fingerprint density at radius 2 is 2.23 bits per heavy atom. The molecule has 0 N–H and O–H groups in total. The molecule has 0 bridgehead atoms. The molecule has 0 aliphatic carbocycles. The van der Waals surface area contributed by atoms with Gasteiger partial charge in [-0.2, -0.15) is 0 Å². The Balaban J connectivity index is 1.69. The largest absolute Gasteiger partial charge is 0.360 e. The number of carbonyl (C=O) groups is 1. The fourth-order valence-corrected chi connectivity index (χ4v) is 3.37. The Morgan fingerprint density at radius 3 is 2.92 bits per heavy atom. The number of imidazole rings is 1. The Morgan fingerprint density at radius 1 is 1.42 bits per heavy atom. The summed E-state index contributed by atoms with van der Waals surface area (Å²) in [6.45, 7) is 7.38. The van der Waals surface area contributed by atoms with Gasteiger partial charge < -0.3 is 18.9 Å². The van der Waals surface area contributed by atoms with Crippen LogP contribution in [0.15, 0.2) is 23.0 Å². The molecule has 1 saturated heterocycles. The normalized spacial score (nSPS) is 18.1. The lowest BCUT2D eigenvalue weighted by atomic mass is 9.96. The number of amides is 1. The lowest BCUT2D eigenvalue weighted by Crippen LogP contribution is -2.40. The maximum Gasteiger partial charge on any atom is 0.276 e. The molecule has 1 amide bonds. The highest BCUT2D eigenvalue weighted by atomic mass is 16.5. The Kier molecular flexibility index (Phi) is 5.76. The topological polar surface area (TPSA) is 67.4 Å². The minimum absolute atomic E-state index is 0.0447. The van der Waals surface area contributed by atoms with Crippen LogP contribution in [0.1, 0.15) is 60.6 Å². The van der Waals surface area contributed by atoms with Crippen LogP contribution in [0.4, 0.5) is 0 Å². The highest BCUT2D eigenvalue weighted by Crippen LogP contribution is 2.27. The zero-order valence-electron chi connectivity index (χ0n) is 16.2. The van der Waals surface area contributed by atoms with Crippen molar-refractivity contribution in [3.63, 3.8) is 0 Å². The number of carbonyl (C=O) groups excluding carboxylic acids is 1. The van der Waals surface area contributed by atoms with Gasteiger partial charge in [-0.1, -0.05) is 19.0 Å². The van der Waals surface area contributed by atoms with Gasteiger partial charge in [-0.15, -0.1) is 0 Å². The van der Waals surface area contributed by atoms with Crippen molar-refractivity contribution in [2.75, 3.05) is 33.7 Å². The van der Waals surface area contributed by atoms with Gasteiger partial charge in [0.15, 0.2) is 5.69 Å². The number of nitrogens with zero attached hydrogens (tertiary/aromatic N) is 5. The van der Waals surface area contributed by atoms with E-state index < -0.39 is 0 Å². The van der Waals surface area contributed by atoms with Gasteiger partial charge in [-0.3, -0.25) is 4.79 Å². The fraction of sp³-hybridized carbons (Fsp3) is 0.632. The summed E-state index contributed by atoms with van der Waals surface area (Å²) in [5.41, 5.74) is 0.408. The highest BCUT2D eigenvalue weighted by molar-refractivity contribution is 5.92. The average Bonchev–Trinajstić information content (AvgIpc) is 3.29. The van der Waals surface area contributed by atoms with Crippen LogP contribution >= 0.6 is 0 Å². The van der Waals surface area contributed by atoms with Crippen molar-refractivity contribution in [3.05, 3.63) is 35.7 Å². The molecule has 1 aliphatic rings. The third-order valence-corrected chi connectivity index (χ3v) is 4.93. The van der Waals surface area contributed by atoms with Crippen LogP contribution in [0, 0.1) is 0 Å². The average molecular weight is 359 g/mol. The zero-order chi connectivity index (χ0) is 18.7. The van der Waals surface area contributed by atoms with Crippen LogP contribution in [0.2, 0.25) is 0 Å². The number of hydrogen-bond acceptors (Lipinski definition) is 5. The molecule has 0 radical (unpaired) electrons. The van der Waals surface area contributed by atoms with Crippen LogP contribution in [-0.2, 0) is 6.54 Å². The lowest BCUT2D eigenvalue weighted by Gasteiger charge is -2.32. The van der Waals surface area contributed by atoms with Crippen molar-refractivity contribution < 1.29 is 9.32 Å². The van der Waals surface area contributed by atoms with Crippen LogP contribution < -0.4 is 0 Å².